The second-order valence-electron chi connectivity index (χ2n) is 1.25. The Morgan fingerprint density at radius 1 is 1.62 bits per heavy atom. The highest BCUT2D eigenvalue weighted by Gasteiger charge is 1.91. The van der Waals surface area contributed by atoms with E-state index in [0.29, 0.717) is 0 Å². The molecule has 0 amide bonds. The van der Waals surface area contributed by atoms with Crippen LogP contribution in [0.25, 0.3) is 0 Å². The maximum atomic E-state index is 10.2. The zero-order valence-electron chi connectivity index (χ0n) is 3.90. The Hall–Kier alpha value is -1.32. The number of aromatic hydroxyl groups is 1. The average molecular weight is 111 g/mol. The Labute approximate surface area is 45.4 Å². The van der Waals surface area contributed by atoms with Gasteiger partial charge in [-0.25, -0.2) is 0 Å². The Kier molecular flexibility index (Phi) is 0.997. The molecule has 0 bridgehead atoms. The van der Waals surface area contributed by atoms with Gasteiger partial charge in [0.2, 0.25) is 0 Å². The first-order valence-corrected chi connectivity index (χ1v) is 1.98. The molecule has 0 aliphatic heterocycles. The molecule has 0 aliphatic carbocycles. The van der Waals surface area contributed by atoms with Crippen molar-refractivity contribution in [3.63, 3.8) is 0 Å². The molecule has 0 atom stereocenters. The molecule has 0 saturated carbocycles. The first-order valence-electron chi connectivity index (χ1n) is 1.98. The quantitative estimate of drug-likeness (QED) is 0.524. The molecule has 1 radical (unpaired) electrons. The SMILES string of the molecule is [O]c1cc(O)cnn1. The van der Waals surface area contributed by atoms with E-state index in [1.165, 1.54) is 0 Å². The topological polar surface area (TPSA) is 65.9 Å². The van der Waals surface area contributed by atoms with E-state index in [4.69, 9.17) is 5.11 Å². The minimum atomic E-state index is -0.523. The first kappa shape index (κ1) is 4.83. The fraction of sp³-hybridized carbons (Fsp3) is 0. The highest BCUT2D eigenvalue weighted by molar-refractivity contribution is 5.19. The van der Waals surface area contributed by atoms with Crippen LogP contribution in [0.2, 0.25) is 0 Å². The van der Waals surface area contributed by atoms with Gasteiger partial charge >= 0.3 is 0 Å². The number of rotatable bonds is 0. The molecule has 0 aliphatic rings. The van der Waals surface area contributed by atoms with E-state index >= 15 is 0 Å². The van der Waals surface area contributed by atoms with Crippen molar-refractivity contribution in [3.05, 3.63) is 12.3 Å². The van der Waals surface area contributed by atoms with Gasteiger partial charge in [-0.15, -0.1) is 5.10 Å². The van der Waals surface area contributed by atoms with Gasteiger partial charge in [0, 0.05) is 0 Å². The summed E-state index contributed by atoms with van der Waals surface area (Å²) in [7, 11) is 0. The highest BCUT2D eigenvalue weighted by Crippen LogP contribution is 2.09. The van der Waals surface area contributed by atoms with Crippen molar-refractivity contribution < 1.29 is 10.2 Å². The largest absolute Gasteiger partial charge is 0.506 e. The molecular weight excluding hydrogens is 108 g/mol. The fourth-order valence-electron chi connectivity index (χ4n) is 0.338. The molecule has 41 valence electrons. The van der Waals surface area contributed by atoms with Gasteiger partial charge in [-0.1, -0.05) is 0 Å². The van der Waals surface area contributed by atoms with Gasteiger partial charge in [-0.05, 0) is 0 Å². The summed E-state index contributed by atoms with van der Waals surface area (Å²) < 4.78 is 0. The van der Waals surface area contributed by atoms with E-state index in [9.17, 15) is 5.11 Å². The van der Waals surface area contributed by atoms with Gasteiger partial charge < -0.3 is 5.11 Å². The van der Waals surface area contributed by atoms with E-state index in [-0.39, 0.29) is 5.75 Å². The van der Waals surface area contributed by atoms with Crippen LogP contribution in [0.3, 0.4) is 0 Å². The van der Waals surface area contributed by atoms with Gasteiger partial charge in [-0.2, -0.15) is 5.10 Å². The van der Waals surface area contributed by atoms with Crippen molar-refractivity contribution in [2.24, 2.45) is 0 Å². The number of aromatic nitrogens is 2. The van der Waals surface area contributed by atoms with Gasteiger partial charge in [0.05, 0.1) is 12.3 Å². The standard InChI is InChI=1S/C4H3N2O2/c7-3-1-4(8)6-5-2-3/h1-2H,(H,6,7). The van der Waals surface area contributed by atoms with Crippen molar-refractivity contribution in [1.82, 2.24) is 10.2 Å². The third kappa shape index (κ3) is 0.841. The Morgan fingerprint density at radius 3 is 2.75 bits per heavy atom. The number of hydrogen-bond acceptors (Lipinski definition) is 3. The van der Waals surface area contributed by atoms with Crippen LogP contribution >= 0.6 is 0 Å². The molecule has 0 spiro atoms. The Morgan fingerprint density at radius 2 is 2.38 bits per heavy atom. The van der Waals surface area contributed by atoms with Crippen molar-refractivity contribution in [3.8, 4) is 11.6 Å². The highest BCUT2D eigenvalue weighted by atomic mass is 16.3. The van der Waals surface area contributed by atoms with Crippen LogP contribution in [0.15, 0.2) is 12.3 Å². The molecule has 1 N–H and O–H groups in total. The maximum absolute atomic E-state index is 10.2. The lowest BCUT2D eigenvalue weighted by Gasteiger charge is -1.84. The van der Waals surface area contributed by atoms with Gasteiger partial charge in [0.1, 0.15) is 5.75 Å². The van der Waals surface area contributed by atoms with Crippen molar-refractivity contribution in [1.29, 1.82) is 0 Å². The molecule has 4 heteroatoms. The second-order valence-corrected chi connectivity index (χ2v) is 1.25. The van der Waals surface area contributed by atoms with E-state index in [1.807, 2.05) is 0 Å². The van der Waals surface area contributed by atoms with Gasteiger partial charge in [0.15, 0.2) is 0 Å². The minimum Gasteiger partial charge on any atom is -0.506 e. The lowest BCUT2D eigenvalue weighted by atomic mass is 10.5. The normalized spacial score (nSPS) is 9.00. The summed E-state index contributed by atoms with van der Waals surface area (Å²) in [5, 5.41) is 24.9. The number of hydrogen-bond donors (Lipinski definition) is 1. The summed E-state index contributed by atoms with van der Waals surface area (Å²) in [6.45, 7) is 0. The van der Waals surface area contributed by atoms with E-state index in [0.717, 1.165) is 12.3 Å². The van der Waals surface area contributed by atoms with Crippen LogP contribution in [0.5, 0.6) is 11.6 Å². The molecule has 1 heterocycles. The zero-order valence-corrected chi connectivity index (χ0v) is 3.90. The van der Waals surface area contributed by atoms with Crippen molar-refractivity contribution >= 4 is 0 Å². The lowest BCUT2D eigenvalue weighted by molar-refractivity contribution is 0.327. The average Bonchev–Trinajstić information content (AvgIpc) is 1.64. The molecule has 1 rings (SSSR count). The summed E-state index contributed by atoms with van der Waals surface area (Å²) in [5.74, 6) is -0.671. The third-order valence-electron chi connectivity index (χ3n) is 0.618. The second kappa shape index (κ2) is 1.65. The predicted molar refractivity (Wildman–Crippen MR) is 23.8 cm³/mol. The molecule has 1 aromatic rings. The summed E-state index contributed by atoms with van der Waals surface area (Å²) in [5.41, 5.74) is 0. The smallest absolute Gasteiger partial charge is 0.291 e. The van der Waals surface area contributed by atoms with Crippen molar-refractivity contribution in [2.75, 3.05) is 0 Å². The van der Waals surface area contributed by atoms with E-state index in [1.54, 1.807) is 0 Å². The summed E-state index contributed by atoms with van der Waals surface area (Å²) in [6.07, 6.45) is 1.10. The summed E-state index contributed by atoms with van der Waals surface area (Å²) >= 11 is 0. The van der Waals surface area contributed by atoms with Crippen LogP contribution in [-0.4, -0.2) is 15.3 Å². The van der Waals surface area contributed by atoms with Crippen LogP contribution in [0.4, 0.5) is 0 Å². The van der Waals surface area contributed by atoms with Gasteiger partial charge in [0.25, 0.3) is 5.88 Å². The number of nitrogens with zero attached hydrogens (tertiary/aromatic N) is 2. The molecule has 4 nitrogen and oxygen atoms in total. The maximum Gasteiger partial charge on any atom is 0.291 e. The fourth-order valence-corrected chi connectivity index (χ4v) is 0.338. The van der Waals surface area contributed by atoms with Crippen LogP contribution in [0, 0.1) is 0 Å². The molecular formula is C4H3N2O2. The Bertz CT molecular complexity index is 172. The Balaban J connectivity index is 3.08. The van der Waals surface area contributed by atoms with Crippen molar-refractivity contribution in [2.45, 2.75) is 0 Å². The molecule has 8 heavy (non-hydrogen) atoms. The summed E-state index contributed by atoms with van der Waals surface area (Å²) in [4.78, 5) is 0. The molecule has 0 fully saturated rings. The first-order chi connectivity index (χ1) is 3.79. The van der Waals surface area contributed by atoms with Crippen LogP contribution in [-0.2, 0) is 5.11 Å². The lowest BCUT2D eigenvalue weighted by Crippen LogP contribution is -1.75. The zero-order chi connectivity index (χ0) is 5.98. The molecule has 1 aromatic heterocycles. The predicted octanol–water partition coefficient (Wildman–Crippen LogP) is 0.326. The molecule has 0 aromatic carbocycles. The van der Waals surface area contributed by atoms with Crippen LogP contribution in [0.1, 0.15) is 0 Å². The van der Waals surface area contributed by atoms with E-state index < -0.39 is 5.88 Å². The van der Waals surface area contributed by atoms with Crippen LogP contribution < -0.4 is 0 Å². The molecule has 0 unspecified atom stereocenters. The summed E-state index contributed by atoms with van der Waals surface area (Å²) in [6, 6.07) is 0.993. The molecule has 0 saturated heterocycles. The third-order valence-corrected chi connectivity index (χ3v) is 0.618. The minimum absolute atomic E-state index is 0.148. The van der Waals surface area contributed by atoms with E-state index in [2.05, 4.69) is 10.2 Å². The van der Waals surface area contributed by atoms with Gasteiger partial charge in [-0.3, -0.25) is 5.11 Å². The monoisotopic (exact) mass is 111 g/mol.